The van der Waals surface area contributed by atoms with Crippen LogP contribution < -0.4 is 0 Å². The van der Waals surface area contributed by atoms with Crippen molar-refractivity contribution >= 4 is 5.97 Å². The van der Waals surface area contributed by atoms with E-state index in [1.54, 1.807) is 0 Å². The number of hydrogen-bond acceptors (Lipinski definition) is 3. The number of rotatable bonds is 10. The van der Waals surface area contributed by atoms with Gasteiger partial charge in [-0.1, -0.05) is 46.1 Å². The van der Waals surface area contributed by atoms with Crippen LogP contribution in [0.4, 0.5) is 0 Å². The van der Waals surface area contributed by atoms with Crippen molar-refractivity contribution in [1.82, 2.24) is 0 Å². The highest BCUT2D eigenvalue weighted by Crippen LogP contribution is 2.26. The molecule has 3 heteroatoms. The summed E-state index contributed by atoms with van der Waals surface area (Å²) in [4.78, 5) is 15.9. The van der Waals surface area contributed by atoms with Gasteiger partial charge >= 0.3 is 5.97 Å². The van der Waals surface area contributed by atoms with E-state index in [2.05, 4.69) is 25.7 Å². The molecule has 0 aliphatic heterocycles. The molecule has 1 rings (SSSR count). The first-order valence-corrected chi connectivity index (χ1v) is 8.68. The molecular weight excluding hydrogens is 276 g/mol. The molecule has 0 aromatic heterocycles. The molecule has 1 N–H and O–H groups in total. The van der Waals surface area contributed by atoms with Gasteiger partial charge in [-0.25, -0.2) is 4.79 Å². The van der Waals surface area contributed by atoms with Crippen molar-refractivity contribution in [3.63, 3.8) is 0 Å². The van der Waals surface area contributed by atoms with Crippen LogP contribution in [0.1, 0.15) is 86.3 Å². The first kappa shape index (κ1) is 18.7. The Kier molecular flexibility index (Phi) is 8.83. The van der Waals surface area contributed by atoms with Crippen LogP contribution in [-0.2, 0) is 24.2 Å². The zero-order valence-electron chi connectivity index (χ0n) is 14.3. The molecule has 0 heterocycles. The SMILES string of the molecule is CCCCc1ccc(C(=O)OO)c(CCCC)c1CCCC. The highest BCUT2D eigenvalue weighted by molar-refractivity contribution is 5.91. The first-order chi connectivity index (χ1) is 10.7. The number of carbonyl (C=O) groups excluding carboxylic acids is 1. The third-order valence-electron chi connectivity index (χ3n) is 4.19. The number of unbranched alkanes of at least 4 members (excludes halogenated alkanes) is 3. The summed E-state index contributed by atoms with van der Waals surface area (Å²) in [5.41, 5.74) is 4.28. The molecule has 22 heavy (non-hydrogen) atoms. The lowest BCUT2D eigenvalue weighted by Gasteiger charge is -2.18. The van der Waals surface area contributed by atoms with E-state index in [9.17, 15) is 4.79 Å². The number of benzene rings is 1. The van der Waals surface area contributed by atoms with Gasteiger partial charge in [0.05, 0.1) is 5.56 Å². The second kappa shape index (κ2) is 10.4. The number of aryl methyl sites for hydroxylation is 1. The summed E-state index contributed by atoms with van der Waals surface area (Å²) in [7, 11) is 0. The minimum atomic E-state index is -0.633. The molecule has 124 valence electrons. The Balaban J connectivity index is 3.26. The van der Waals surface area contributed by atoms with E-state index in [1.807, 2.05) is 12.1 Å². The molecule has 3 nitrogen and oxygen atoms in total. The van der Waals surface area contributed by atoms with Gasteiger partial charge in [0.15, 0.2) is 0 Å². The number of carbonyl (C=O) groups is 1. The normalized spacial score (nSPS) is 10.7. The van der Waals surface area contributed by atoms with Crippen LogP contribution in [0.2, 0.25) is 0 Å². The molecule has 0 saturated heterocycles. The zero-order chi connectivity index (χ0) is 16.4. The van der Waals surface area contributed by atoms with Crippen LogP contribution in [0.5, 0.6) is 0 Å². The highest BCUT2D eigenvalue weighted by atomic mass is 17.1. The Labute approximate surface area is 134 Å². The van der Waals surface area contributed by atoms with Gasteiger partial charge in [0.1, 0.15) is 0 Å². The van der Waals surface area contributed by atoms with E-state index >= 15 is 0 Å². The monoisotopic (exact) mass is 306 g/mol. The molecule has 0 bridgehead atoms. The maximum Gasteiger partial charge on any atom is 0.373 e. The zero-order valence-corrected chi connectivity index (χ0v) is 14.3. The fraction of sp³-hybridized carbons (Fsp3) is 0.632. The lowest BCUT2D eigenvalue weighted by molar-refractivity contribution is -0.182. The molecule has 0 fully saturated rings. The van der Waals surface area contributed by atoms with Gasteiger partial charge in [-0.3, -0.25) is 4.89 Å². The molecule has 0 unspecified atom stereocenters. The quantitative estimate of drug-likeness (QED) is 0.468. The van der Waals surface area contributed by atoms with E-state index in [-0.39, 0.29) is 0 Å². The van der Waals surface area contributed by atoms with E-state index < -0.39 is 5.97 Å². The van der Waals surface area contributed by atoms with Crippen LogP contribution in [-0.4, -0.2) is 11.2 Å². The van der Waals surface area contributed by atoms with Crippen molar-refractivity contribution < 1.29 is 14.9 Å². The Morgan fingerprint density at radius 3 is 2.00 bits per heavy atom. The molecule has 0 saturated carbocycles. The third kappa shape index (κ3) is 5.13. The standard InChI is InChI=1S/C19H30O3/c1-4-7-10-15-13-14-18(19(20)22-21)17(12-9-6-3)16(15)11-8-5-2/h13-14,21H,4-12H2,1-3H3. The van der Waals surface area contributed by atoms with Gasteiger partial charge < -0.3 is 0 Å². The van der Waals surface area contributed by atoms with Crippen molar-refractivity contribution in [2.45, 2.75) is 78.6 Å². The first-order valence-electron chi connectivity index (χ1n) is 8.68. The third-order valence-corrected chi connectivity index (χ3v) is 4.19. The summed E-state index contributed by atoms with van der Waals surface area (Å²) in [6.45, 7) is 6.53. The lowest BCUT2D eigenvalue weighted by atomic mass is 9.87. The average molecular weight is 306 g/mol. The predicted molar refractivity (Wildman–Crippen MR) is 90.3 cm³/mol. The Bertz CT molecular complexity index is 466. The largest absolute Gasteiger partial charge is 0.373 e. The topological polar surface area (TPSA) is 46.5 Å². The predicted octanol–water partition coefficient (Wildman–Crippen LogP) is 5.34. The fourth-order valence-electron chi connectivity index (χ4n) is 2.89. The van der Waals surface area contributed by atoms with Crippen LogP contribution >= 0.6 is 0 Å². The average Bonchev–Trinajstić information content (AvgIpc) is 2.55. The molecular formula is C19H30O3. The Morgan fingerprint density at radius 1 is 0.909 bits per heavy atom. The van der Waals surface area contributed by atoms with Crippen LogP contribution in [0.3, 0.4) is 0 Å². The summed E-state index contributed by atoms with van der Waals surface area (Å²) < 4.78 is 0. The van der Waals surface area contributed by atoms with E-state index in [1.165, 1.54) is 11.1 Å². The van der Waals surface area contributed by atoms with Gasteiger partial charge in [-0.15, -0.1) is 0 Å². The molecule has 0 atom stereocenters. The van der Waals surface area contributed by atoms with Crippen molar-refractivity contribution in [3.05, 3.63) is 34.4 Å². The summed E-state index contributed by atoms with van der Waals surface area (Å²) >= 11 is 0. The summed E-state index contributed by atoms with van der Waals surface area (Å²) in [6.07, 6.45) is 9.64. The maximum absolute atomic E-state index is 11.9. The lowest BCUT2D eigenvalue weighted by Crippen LogP contribution is -2.11. The van der Waals surface area contributed by atoms with E-state index in [4.69, 9.17) is 5.26 Å². The van der Waals surface area contributed by atoms with Crippen LogP contribution in [0.15, 0.2) is 12.1 Å². The fourth-order valence-corrected chi connectivity index (χ4v) is 2.89. The summed E-state index contributed by atoms with van der Waals surface area (Å²) in [5.74, 6) is -0.633. The van der Waals surface area contributed by atoms with Crippen molar-refractivity contribution in [2.75, 3.05) is 0 Å². The van der Waals surface area contributed by atoms with Crippen molar-refractivity contribution in [2.24, 2.45) is 0 Å². The van der Waals surface area contributed by atoms with Gasteiger partial charge in [0.25, 0.3) is 0 Å². The van der Waals surface area contributed by atoms with Gasteiger partial charge in [-0.05, 0) is 61.3 Å². The van der Waals surface area contributed by atoms with Crippen LogP contribution in [0, 0.1) is 0 Å². The summed E-state index contributed by atoms with van der Waals surface area (Å²) in [5, 5.41) is 8.77. The maximum atomic E-state index is 11.9. The highest BCUT2D eigenvalue weighted by Gasteiger charge is 2.18. The van der Waals surface area contributed by atoms with Crippen molar-refractivity contribution in [3.8, 4) is 0 Å². The van der Waals surface area contributed by atoms with Gasteiger partial charge in [0.2, 0.25) is 0 Å². The van der Waals surface area contributed by atoms with Crippen molar-refractivity contribution in [1.29, 1.82) is 0 Å². The Hall–Kier alpha value is -1.35. The minimum absolute atomic E-state index is 0.530. The molecule has 1 aromatic rings. The van der Waals surface area contributed by atoms with Crippen LogP contribution in [0.25, 0.3) is 0 Å². The Morgan fingerprint density at radius 2 is 1.45 bits per heavy atom. The smallest absolute Gasteiger partial charge is 0.295 e. The molecule has 1 aromatic carbocycles. The molecule has 0 aliphatic rings. The summed E-state index contributed by atoms with van der Waals surface area (Å²) in [6, 6.07) is 3.87. The molecule has 0 aliphatic carbocycles. The second-order valence-electron chi connectivity index (χ2n) is 5.92. The van der Waals surface area contributed by atoms with Gasteiger partial charge in [-0.2, -0.15) is 5.26 Å². The molecule has 0 amide bonds. The molecule has 0 radical (unpaired) electrons. The molecule has 0 spiro atoms. The van der Waals surface area contributed by atoms with E-state index in [0.29, 0.717) is 5.56 Å². The van der Waals surface area contributed by atoms with Gasteiger partial charge in [0, 0.05) is 0 Å². The van der Waals surface area contributed by atoms with E-state index in [0.717, 1.165) is 63.4 Å². The minimum Gasteiger partial charge on any atom is -0.295 e. The number of hydrogen-bond donors (Lipinski definition) is 1. The second-order valence-corrected chi connectivity index (χ2v) is 5.92.